The average molecular weight is 405 g/mol. The molecule has 3 aromatic rings. The number of nitrogens with zero attached hydrogens (tertiary/aromatic N) is 3. The minimum Gasteiger partial charge on any atom is -0.340 e. The molecule has 1 aromatic carbocycles. The molecular weight excluding hydrogens is 384 g/mol. The second kappa shape index (κ2) is 8.66. The quantitative estimate of drug-likeness (QED) is 0.578. The summed E-state index contributed by atoms with van der Waals surface area (Å²) in [4.78, 5) is 15.2. The lowest BCUT2D eigenvalue weighted by atomic mass is 10.1. The van der Waals surface area contributed by atoms with E-state index < -0.39 is 0 Å². The third-order valence-electron chi connectivity index (χ3n) is 3.75. The normalized spacial score (nSPS) is 10.7. The van der Waals surface area contributed by atoms with E-state index in [0.717, 1.165) is 15.2 Å². The van der Waals surface area contributed by atoms with Crippen molar-refractivity contribution in [2.75, 3.05) is 18.1 Å². The number of thioether (sulfide) groups is 1. The zero-order chi connectivity index (χ0) is 18.5. The number of carbonyl (C=O) groups excluding carboxylic acids is 1. The molecule has 0 fully saturated rings. The standard InChI is InChI=1S/C18H20N4OS3/c1-12-6-7-15(13(2)9-12)19-17-20-21-18(26-17)25-11-16(23)22(3)10-14-5-4-8-24-14/h4-9H,10-11H2,1-3H3,(H,19,20). The van der Waals surface area contributed by atoms with E-state index in [1.807, 2.05) is 30.6 Å². The maximum Gasteiger partial charge on any atom is 0.233 e. The van der Waals surface area contributed by atoms with Gasteiger partial charge in [0.2, 0.25) is 11.0 Å². The molecule has 0 atom stereocenters. The predicted octanol–water partition coefficient (Wildman–Crippen LogP) is 4.71. The van der Waals surface area contributed by atoms with Gasteiger partial charge in [0.1, 0.15) is 0 Å². The van der Waals surface area contributed by atoms with E-state index in [4.69, 9.17) is 0 Å². The van der Waals surface area contributed by atoms with E-state index in [-0.39, 0.29) is 5.91 Å². The van der Waals surface area contributed by atoms with Crippen molar-refractivity contribution in [1.29, 1.82) is 0 Å². The summed E-state index contributed by atoms with van der Waals surface area (Å²) in [6.45, 7) is 4.78. The highest BCUT2D eigenvalue weighted by molar-refractivity contribution is 8.01. The molecule has 8 heteroatoms. The Morgan fingerprint density at radius 1 is 1.27 bits per heavy atom. The number of thiophene rings is 1. The van der Waals surface area contributed by atoms with Crippen LogP contribution in [0.15, 0.2) is 40.1 Å². The molecule has 0 aliphatic carbocycles. The molecule has 26 heavy (non-hydrogen) atoms. The lowest BCUT2D eigenvalue weighted by Crippen LogP contribution is -2.27. The molecule has 2 heterocycles. The van der Waals surface area contributed by atoms with Crippen LogP contribution in [0.2, 0.25) is 0 Å². The molecule has 0 spiro atoms. The number of aryl methyl sites for hydroxylation is 2. The fourth-order valence-electron chi connectivity index (χ4n) is 2.35. The van der Waals surface area contributed by atoms with Crippen LogP contribution in [-0.4, -0.2) is 33.8 Å². The summed E-state index contributed by atoms with van der Waals surface area (Å²) in [7, 11) is 1.83. The van der Waals surface area contributed by atoms with Crippen LogP contribution in [0, 0.1) is 13.8 Å². The van der Waals surface area contributed by atoms with Crippen LogP contribution in [0.4, 0.5) is 10.8 Å². The summed E-state index contributed by atoms with van der Waals surface area (Å²) in [6.07, 6.45) is 0. The first-order valence-corrected chi connectivity index (χ1v) is 10.8. The first-order chi connectivity index (χ1) is 12.5. The summed E-state index contributed by atoms with van der Waals surface area (Å²) >= 11 is 4.55. The van der Waals surface area contributed by atoms with Crippen molar-refractivity contribution in [3.05, 3.63) is 51.7 Å². The van der Waals surface area contributed by atoms with E-state index in [9.17, 15) is 4.79 Å². The van der Waals surface area contributed by atoms with Crippen molar-refractivity contribution in [1.82, 2.24) is 15.1 Å². The first kappa shape index (κ1) is 18.9. The van der Waals surface area contributed by atoms with Crippen LogP contribution in [0.3, 0.4) is 0 Å². The highest BCUT2D eigenvalue weighted by Crippen LogP contribution is 2.29. The minimum absolute atomic E-state index is 0.0856. The highest BCUT2D eigenvalue weighted by Gasteiger charge is 2.13. The molecule has 136 valence electrons. The number of anilines is 2. The molecule has 2 aromatic heterocycles. The van der Waals surface area contributed by atoms with Crippen LogP contribution in [0.5, 0.6) is 0 Å². The van der Waals surface area contributed by atoms with Crippen molar-refractivity contribution >= 4 is 51.2 Å². The Morgan fingerprint density at radius 2 is 2.12 bits per heavy atom. The van der Waals surface area contributed by atoms with Gasteiger partial charge in [0, 0.05) is 17.6 Å². The largest absolute Gasteiger partial charge is 0.340 e. The predicted molar refractivity (Wildman–Crippen MR) is 111 cm³/mol. The lowest BCUT2D eigenvalue weighted by molar-refractivity contribution is -0.127. The van der Waals surface area contributed by atoms with Crippen molar-refractivity contribution < 1.29 is 4.79 Å². The van der Waals surface area contributed by atoms with Gasteiger partial charge in [-0.3, -0.25) is 4.79 Å². The molecule has 0 unspecified atom stereocenters. The number of hydrogen-bond donors (Lipinski definition) is 1. The lowest BCUT2D eigenvalue weighted by Gasteiger charge is -2.15. The number of carbonyl (C=O) groups is 1. The molecule has 0 aliphatic heterocycles. The maximum atomic E-state index is 12.3. The molecule has 5 nitrogen and oxygen atoms in total. The fraction of sp³-hybridized carbons (Fsp3) is 0.278. The van der Waals surface area contributed by atoms with Crippen molar-refractivity contribution in [3.8, 4) is 0 Å². The van der Waals surface area contributed by atoms with Gasteiger partial charge in [-0.1, -0.05) is 46.9 Å². The smallest absolute Gasteiger partial charge is 0.233 e. The molecule has 3 rings (SSSR count). The summed E-state index contributed by atoms with van der Waals surface area (Å²) in [6, 6.07) is 10.3. The SMILES string of the molecule is Cc1ccc(Nc2nnc(SCC(=O)N(C)Cc3cccs3)s2)c(C)c1. The minimum atomic E-state index is 0.0856. The second-order valence-corrected chi connectivity index (χ2v) is 9.17. The Bertz CT molecular complexity index is 876. The van der Waals surface area contributed by atoms with Gasteiger partial charge in [0.15, 0.2) is 4.34 Å². The number of aromatic nitrogens is 2. The van der Waals surface area contributed by atoms with Crippen LogP contribution in [0.25, 0.3) is 0 Å². The van der Waals surface area contributed by atoms with Crippen LogP contribution >= 0.6 is 34.4 Å². The highest BCUT2D eigenvalue weighted by atomic mass is 32.2. The van der Waals surface area contributed by atoms with Crippen LogP contribution < -0.4 is 5.32 Å². The average Bonchev–Trinajstić information content (AvgIpc) is 3.27. The molecule has 1 amide bonds. The Kier molecular flexibility index (Phi) is 6.29. The molecular formula is C18H20N4OS3. The number of benzene rings is 1. The molecule has 0 aliphatic rings. The van der Waals surface area contributed by atoms with E-state index in [1.54, 1.807) is 16.2 Å². The summed E-state index contributed by atoms with van der Waals surface area (Å²) in [5, 5.41) is 14.4. The molecule has 0 radical (unpaired) electrons. The van der Waals surface area contributed by atoms with Crippen molar-refractivity contribution in [3.63, 3.8) is 0 Å². The monoisotopic (exact) mass is 404 g/mol. The topological polar surface area (TPSA) is 58.1 Å². The van der Waals surface area contributed by atoms with E-state index in [2.05, 4.69) is 41.5 Å². The number of rotatable bonds is 7. The first-order valence-electron chi connectivity index (χ1n) is 8.08. The molecule has 1 N–H and O–H groups in total. The molecule has 0 saturated heterocycles. The van der Waals surface area contributed by atoms with Crippen molar-refractivity contribution in [2.24, 2.45) is 0 Å². The summed E-state index contributed by atoms with van der Waals surface area (Å²) in [5.41, 5.74) is 3.42. The number of nitrogens with one attached hydrogen (secondary N) is 1. The van der Waals surface area contributed by atoms with Crippen molar-refractivity contribution in [2.45, 2.75) is 24.7 Å². The third-order valence-corrected chi connectivity index (χ3v) is 6.57. The van der Waals surface area contributed by atoms with Gasteiger partial charge in [0.05, 0.1) is 12.3 Å². The third kappa shape index (κ3) is 5.06. The van der Waals surface area contributed by atoms with Gasteiger partial charge < -0.3 is 10.2 Å². The van der Waals surface area contributed by atoms with Crippen LogP contribution in [0.1, 0.15) is 16.0 Å². The summed E-state index contributed by atoms with van der Waals surface area (Å²) < 4.78 is 0.787. The Hall–Kier alpha value is -1.90. The van der Waals surface area contributed by atoms with E-state index >= 15 is 0 Å². The Morgan fingerprint density at radius 3 is 2.85 bits per heavy atom. The molecule has 0 bridgehead atoms. The van der Waals surface area contributed by atoms with E-state index in [0.29, 0.717) is 12.3 Å². The summed E-state index contributed by atoms with van der Waals surface area (Å²) in [5.74, 6) is 0.447. The Labute approximate surface area is 165 Å². The van der Waals surface area contributed by atoms with Gasteiger partial charge in [-0.05, 0) is 36.9 Å². The zero-order valence-corrected chi connectivity index (χ0v) is 17.3. The fourth-order valence-corrected chi connectivity index (χ4v) is 4.81. The van der Waals surface area contributed by atoms with Crippen LogP contribution in [-0.2, 0) is 11.3 Å². The van der Waals surface area contributed by atoms with Gasteiger partial charge >= 0.3 is 0 Å². The van der Waals surface area contributed by atoms with Gasteiger partial charge in [-0.25, -0.2) is 0 Å². The van der Waals surface area contributed by atoms with E-state index in [1.165, 1.54) is 39.1 Å². The number of amides is 1. The molecule has 0 saturated carbocycles. The van der Waals surface area contributed by atoms with Gasteiger partial charge in [-0.15, -0.1) is 21.5 Å². The second-order valence-electron chi connectivity index (χ2n) is 5.93. The number of hydrogen-bond acceptors (Lipinski definition) is 7. The Balaban J connectivity index is 1.52. The zero-order valence-electron chi connectivity index (χ0n) is 14.9. The maximum absolute atomic E-state index is 12.3. The van der Waals surface area contributed by atoms with Gasteiger partial charge in [-0.2, -0.15) is 0 Å². The van der Waals surface area contributed by atoms with Gasteiger partial charge in [0.25, 0.3) is 0 Å².